The number of hydrogen-bond donors (Lipinski definition) is 0. The van der Waals surface area contributed by atoms with Crippen LogP contribution in [0.3, 0.4) is 0 Å². The molecule has 214 valence electrons. The normalized spacial score (nSPS) is 11.9. The van der Waals surface area contributed by atoms with Gasteiger partial charge in [0.05, 0.1) is 10.8 Å². The highest BCUT2D eigenvalue weighted by molar-refractivity contribution is 6.22. The van der Waals surface area contributed by atoms with E-state index in [1.165, 1.54) is 60.1 Å². The van der Waals surface area contributed by atoms with Crippen LogP contribution in [0.15, 0.2) is 167 Å². The van der Waals surface area contributed by atoms with Crippen LogP contribution in [0.25, 0.3) is 98.8 Å². The predicted octanol–water partition coefficient (Wildman–Crippen LogP) is 12.8. The number of rotatable bonds is 3. The second-order valence-corrected chi connectivity index (χ2v) is 12.0. The van der Waals surface area contributed by atoms with Gasteiger partial charge in [-0.1, -0.05) is 133 Å². The Morgan fingerprint density at radius 3 is 1.48 bits per heavy atom. The van der Waals surface area contributed by atoms with E-state index in [2.05, 4.69) is 140 Å². The molecule has 0 unspecified atom stereocenters. The maximum Gasteiger partial charge on any atom is 0.181 e. The number of para-hydroxylation sites is 1. The quantitative estimate of drug-likeness (QED) is 0.193. The zero-order valence-corrected chi connectivity index (χ0v) is 24.8. The van der Waals surface area contributed by atoms with Gasteiger partial charge in [0, 0.05) is 0 Å². The van der Waals surface area contributed by atoms with Gasteiger partial charge < -0.3 is 8.83 Å². The number of furan rings is 2. The molecule has 0 aliphatic heterocycles. The highest BCUT2D eigenvalue weighted by atomic mass is 16.4. The fourth-order valence-electron chi connectivity index (χ4n) is 7.41. The van der Waals surface area contributed by atoms with Crippen LogP contribution in [-0.4, -0.2) is 0 Å². The van der Waals surface area contributed by atoms with E-state index in [4.69, 9.17) is 8.83 Å². The van der Waals surface area contributed by atoms with Crippen molar-refractivity contribution >= 4 is 65.4 Å². The van der Waals surface area contributed by atoms with Crippen LogP contribution in [0.1, 0.15) is 0 Å². The molecule has 0 saturated carbocycles. The Morgan fingerprint density at radius 1 is 0.304 bits per heavy atom. The molecule has 0 atom stereocenters. The van der Waals surface area contributed by atoms with Gasteiger partial charge in [0.25, 0.3) is 0 Å². The summed E-state index contributed by atoms with van der Waals surface area (Å²) in [5, 5.41) is 9.42. The van der Waals surface area contributed by atoms with Crippen LogP contribution >= 0.6 is 0 Å². The Hall–Kier alpha value is -6.12. The topological polar surface area (TPSA) is 26.3 Å². The first-order valence-electron chi connectivity index (χ1n) is 15.7. The van der Waals surface area contributed by atoms with Crippen molar-refractivity contribution in [3.05, 3.63) is 158 Å². The molecule has 0 aliphatic rings. The lowest BCUT2D eigenvalue weighted by Gasteiger charge is -2.18. The van der Waals surface area contributed by atoms with Crippen LogP contribution in [0.5, 0.6) is 0 Å². The Morgan fingerprint density at radius 2 is 0.783 bits per heavy atom. The minimum Gasteiger partial charge on any atom is -0.452 e. The predicted molar refractivity (Wildman–Crippen MR) is 192 cm³/mol. The fourth-order valence-corrected chi connectivity index (χ4v) is 7.41. The summed E-state index contributed by atoms with van der Waals surface area (Å²) in [6, 6.07) is 56.4. The summed E-state index contributed by atoms with van der Waals surface area (Å²) in [5.74, 6) is 0. The molecule has 0 radical (unpaired) electrons. The monoisotopic (exact) mass is 586 g/mol. The van der Waals surface area contributed by atoms with Crippen molar-refractivity contribution in [2.45, 2.75) is 0 Å². The van der Waals surface area contributed by atoms with Gasteiger partial charge in [-0.15, -0.1) is 0 Å². The average molecular weight is 587 g/mol. The van der Waals surface area contributed by atoms with Crippen molar-refractivity contribution in [1.82, 2.24) is 0 Å². The Labute approximate surface area is 264 Å². The van der Waals surface area contributed by atoms with E-state index in [9.17, 15) is 0 Å². The van der Waals surface area contributed by atoms with Gasteiger partial charge in [-0.05, 0) is 90.0 Å². The second kappa shape index (κ2) is 9.69. The number of hydrogen-bond acceptors (Lipinski definition) is 2. The van der Waals surface area contributed by atoms with E-state index in [0.29, 0.717) is 0 Å². The van der Waals surface area contributed by atoms with Crippen molar-refractivity contribution in [2.24, 2.45) is 0 Å². The largest absolute Gasteiger partial charge is 0.452 e. The molecule has 0 fully saturated rings. The van der Waals surface area contributed by atoms with Gasteiger partial charge in [0.2, 0.25) is 0 Å². The first-order valence-corrected chi connectivity index (χ1v) is 15.7. The van der Waals surface area contributed by atoms with Crippen molar-refractivity contribution < 1.29 is 8.83 Å². The van der Waals surface area contributed by atoms with Gasteiger partial charge in [0.1, 0.15) is 11.2 Å². The van der Waals surface area contributed by atoms with Crippen LogP contribution < -0.4 is 0 Å². The molecular weight excluding hydrogens is 560 g/mol. The third-order valence-electron chi connectivity index (χ3n) is 9.48. The summed E-state index contributed by atoms with van der Waals surface area (Å²) in [7, 11) is 0. The molecule has 2 nitrogen and oxygen atoms in total. The van der Waals surface area contributed by atoms with Crippen LogP contribution in [0.2, 0.25) is 0 Å². The van der Waals surface area contributed by atoms with E-state index in [1.807, 2.05) is 18.2 Å². The molecule has 10 aromatic rings. The summed E-state index contributed by atoms with van der Waals surface area (Å²) in [4.78, 5) is 0. The molecule has 0 saturated heterocycles. The summed E-state index contributed by atoms with van der Waals surface area (Å²) >= 11 is 0. The van der Waals surface area contributed by atoms with E-state index in [1.54, 1.807) is 0 Å². The maximum atomic E-state index is 6.32. The zero-order valence-electron chi connectivity index (χ0n) is 24.8. The smallest absolute Gasteiger partial charge is 0.181 e. The molecule has 2 heterocycles. The molecular formula is C44H26O2. The molecule has 0 N–H and O–H groups in total. The summed E-state index contributed by atoms with van der Waals surface area (Å²) < 4.78 is 12.6. The second-order valence-electron chi connectivity index (χ2n) is 12.0. The molecule has 46 heavy (non-hydrogen) atoms. The van der Waals surface area contributed by atoms with E-state index < -0.39 is 0 Å². The van der Waals surface area contributed by atoms with Gasteiger partial charge in [-0.25, -0.2) is 0 Å². The van der Waals surface area contributed by atoms with Crippen LogP contribution in [-0.2, 0) is 0 Å². The summed E-state index contributed by atoms with van der Waals surface area (Å²) in [6.45, 7) is 0. The Balaban J connectivity index is 1.19. The van der Waals surface area contributed by atoms with Crippen LogP contribution in [0, 0.1) is 0 Å². The van der Waals surface area contributed by atoms with Gasteiger partial charge in [-0.3, -0.25) is 0 Å². The van der Waals surface area contributed by atoms with Gasteiger partial charge in [0.15, 0.2) is 11.2 Å². The standard InChI is InChI=1S/C44H26O2/c1-2-12-31-27(10-1)11-9-18-32(31)28-20-22-29(23-21-28)41-33-13-3-5-15-35(33)42(36-16-6-4-14-34(36)41)30-24-25-40-38(26-30)44-43(46-40)37-17-7-8-19-39(37)45-44/h1-26H. The zero-order chi connectivity index (χ0) is 30.2. The molecule has 10 rings (SSSR count). The molecule has 0 spiro atoms. The molecule has 2 heteroatoms. The third kappa shape index (κ3) is 3.65. The molecule has 0 aliphatic carbocycles. The summed E-state index contributed by atoms with van der Waals surface area (Å²) in [6.07, 6.45) is 0. The molecule has 2 aromatic heterocycles. The highest BCUT2D eigenvalue weighted by Gasteiger charge is 2.20. The number of fused-ring (bicyclic) bond motifs is 8. The van der Waals surface area contributed by atoms with Gasteiger partial charge >= 0.3 is 0 Å². The summed E-state index contributed by atoms with van der Waals surface area (Å²) in [5.41, 5.74) is 10.6. The van der Waals surface area contributed by atoms with E-state index >= 15 is 0 Å². The van der Waals surface area contributed by atoms with E-state index in [0.717, 1.165) is 38.7 Å². The van der Waals surface area contributed by atoms with Crippen molar-refractivity contribution in [3.8, 4) is 33.4 Å². The first-order chi connectivity index (χ1) is 22.8. The highest BCUT2D eigenvalue weighted by Crippen LogP contribution is 2.45. The van der Waals surface area contributed by atoms with Crippen molar-refractivity contribution in [1.29, 1.82) is 0 Å². The average Bonchev–Trinajstić information content (AvgIpc) is 3.66. The maximum absolute atomic E-state index is 6.32. The lowest BCUT2D eigenvalue weighted by atomic mass is 9.85. The Kier molecular flexibility index (Phi) is 5.31. The first kappa shape index (κ1) is 25.2. The van der Waals surface area contributed by atoms with E-state index in [-0.39, 0.29) is 0 Å². The van der Waals surface area contributed by atoms with Crippen molar-refractivity contribution in [3.63, 3.8) is 0 Å². The lowest BCUT2D eigenvalue weighted by molar-refractivity contribution is 0.653. The molecule has 0 amide bonds. The van der Waals surface area contributed by atoms with Gasteiger partial charge in [-0.2, -0.15) is 0 Å². The minimum absolute atomic E-state index is 0.801. The SMILES string of the molecule is c1ccc2c(-c3ccc(-c4c5ccccc5c(-c5ccc6oc7c8ccccc8oc7c6c5)c5ccccc45)cc3)cccc2c1. The molecule has 0 bridgehead atoms. The third-order valence-corrected chi connectivity index (χ3v) is 9.48. The lowest BCUT2D eigenvalue weighted by Crippen LogP contribution is -1.91. The van der Waals surface area contributed by atoms with Crippen molar-refractivity contribution in [2.75, 3.05) is 0 Å². The van der Waals surface area contributed by atoms with Crippen LogP contribution in [0.4, 0.5) is 0 Å². The Bertz CT molecular complexity index is 2730. The molecule has 8 aromatic carbocycles. The number of benzene rings is 8. The minimum atomic E-state index is 0.801. The fraction of sp³-hybridized carbons (Fsp3) is 0.